The molecule has 0 aliphatic carbocycles. The minimum atomic E-state index is -0.115. The summed E-state index contributed by atoms with van der Waals surface area (Å²) in [6, 6.07) is 0. The third kappa shape index (κ3) is 32.6. The maximum atomic E-state index is 12.5. The summed E-state index contributed by atoms with van der Waals surface area (Å²) < 4.78 is 11.2. The third-order valence-electron chi connectivity index (χ3n) is 9.05. The molecule has 0 heterocycles. The van der Waals surface area contributed by atoms with Crippen LogP contribution < -0.4 is 0 Å². The summed E-state index contributed by atoms with van der Waals surface area (Å²) in [5.41, 5.74) is 0. The van der Waals surface area contributed by atoms with Crippen LogP contribution in [0.15, 0.2) is 0 Å². The lowest BCUT2D eigenvalue weighted by atomic mass is 9.94. The quantitative estimate of drug-likeness (QED) is 0.0543. The number of carbonyl (C=O) groups is 2. The van der Waals surface area contributed by atoms with Crippen molar-refractivity contribution in [2.75, 3.05) is 39.5 Å². The Morgan fingerprint density at radius 1 is 0.511 bits per heavy atom. The average molecular weight is 640 g/mol. The summed E-state index contributed by atoms with van der Waals surface area (Å²) >= 11 is 0. The van der Waals surface area contributed by atoms with Crippen LogP contribution in [0.25, 0.3) is 0 Å². The molecule has 0 saturated heterocycles. The lowest BCUT2D eigenvalue weighted by molar-refractivity contribution is -0.145. The lowest BCUT2D eigenvalue weighted by Crippen LogP contribution is -2.29. The van der Waals surface area contributed by atoms with Gasteiger partial charge in [0.15, 0.2) is 0 Å². The summed E-state index contributed by atoms with van der Waals surface area (Å²) in [4.78, 5) is 26.8. The standard InChI is InChI=1S/C39H77NO5/c1-4-7-10-13-16-17-20-25-35-44-38(42)30-26-32-40(33-34-41)31-24-23-29-39(43)45-36-37(27-21-18-14-11-8-5-2)28-22-19-15-12-9-6-3/h37,41H,4-36H2,1-3H3. The number of carbonyl (C=O) groups excluding carboxylic acids is 2. The molecule has 0 radical (unpaired) electrons. The molecule has 0 aliphatic rings. The molecule has 0 rings (SSSR count). The number of aliphatic hydroxyl groups is 1. The first kappa shape index (κ1) is 43.9. The van der Waals surface area contributed by atoms with Crippen molar-refractivity contribution in [3.63, 3.8) is 0 Å². The first-order chi connectivity index (χ1) is 22.1. The SMILES string of the molecule is CCCCCCCCCCOC(=O)CCCN(CCO)CCCCC(=O)OCC(CCCCCCCC)CCCCCCCC. The highest BCUT2D eigenvalue weighted by atomic mass is 16.5. The Morgan fingerprint density at radius 2 is 0.956 bits per heavy atom. The van der Waals surface area contributed by atoms with E-state index >= 15 is 0 Å². The van der Waals surface area contributed by atoms with Gasteiger partial charge < -0.3 is 19.5 Å². The van der Waals surface area contributed by atoms with E-state index in [1.54, 1.807) is 0 Å². The number of aliphatic hydroxyl groups excluding tert-OH is 1. The van der Waals surface area contributed by atoms with Crippen molar-refractivity contribution >= 4 is 11.9 Å². The molecule has 0 atom stereocenters. The predicted octanol–water partition coefficient (Wildman–Crippen LogP) is 10.6. The fraction of sp³-hybridized carbons (Fsp3) is 0.949. The monoisotopic (exact) mass is 640 g/mol. The summed E-state index contributed by atoms with van der Waals surface area (Å²) in [5, 5.41) is 9.48. The second kappa shape index (κ2) is 35.7. The van der Waals surface area contributed by atoms with Gasteiger partial charge >= 0.3 is 11.9 Å². The van der Waals surface area contributed by atoms with Crippen molar-refractivity contribution in [2.24, 2.45) is 5.92 Å². The van der Waals surface area contributed by atoms with Gasteiger partial charge in [0.05, 0.1) is 19.8 Å². The van der Waals surface area contributed by atoms with Crippen molar-refractivity contribution in [2.45, 2.75) is 194 Å². The largest absolute Gasteiger partial charge is 0.466 e. The van der Waals surface area contributed by atoms with Gasteiger partial charge in [-0.25, -0.2) is 0 Å². The fourth-order valence-electron chi connectivity index (χ4n) is 6.04. The number of unbranched alkanes of at least 4 members (excludes halogenated alkanes) is 18. The van der Waals surface area contributed by atoms with Crippen LogP contribution in [0.1, 0.15) is 194 Å². The summed E-state index contributed by atoms with van der Waals surface area (Å²) in [6.45, 7) is 10.1. The smallest absolute Gasteiger partial charge is 0.305 e. The van der Waals surface area contributed by atoms with Gasteiger partial charge in [0, 0.05) is 19.4 Å². The number of hydrogen-bond donors (Lipinski definition) is 1. The number of nitrogens with zero attached hydrogens (tertiary/aromatic N) is 1. The Morgan fingerprint density at radius 3 is 1.49 bits per heavy atom. The molecule has 0 spiro atoms. The number of rotatable bonds is 36. The van der Waals surface area contributed by atoms with Crippen molar-refractivity contribution in [3.8, 4) is 0 Å². The molecular weight excluding hydrogens is 562 g/mol. The van der Waals surface area contributed by atoms with Gasteiger partial charge in [-0.1, -0.05) is 143 Å². The highest BCUT2D eigenvalue weighted by Crippen LogP contribution is 2.20. The van der Waals surface area contributed by atoms with E-state index in [9.17, 15) is 14.7 Å². The molecule has 45 heavy (non-hydrogen) atoms. The normalized spacial score (nSPS) is 11.5. The Bertz CT molecular complexity index is 613. The zero-order valence-electron chi connectivity index (χ0n) is 30.4. The van der Waals surface area contributed by atoms with Gasteiger partial charge in [-0.3, -0.25) is 9.59 Å². The fourth-order valence-corrected chi connectivity index (χ4v) is 6.04. The molecule has 0 aromatic heterocycles. The Kier molecular flexibility index (Phi) is 34.8. The van der Waals surface area contributed by atoms with Crippen LogP contribution in [0, 0.1) is 5.92 Å². The van der Waals surface area contributed by atoms with E-state index in [-0.39, 0.29) is 18.5 Å². The summed E-state index contributed by atoms with van der Waals surface area (Å²) in [7, 11) is 0. The summed E-state index contributed by atoms with van der Waals surface area (Å²) in [6.07, 6.45) is 31.2. The van der Waals surface area contributed by atoms with Gasteiger partial charge in [0.1, 0.15) is 0 Å². The molecule has 0 saturated carbocycles. The molecule has 6 heteroatoms. The highest BCUT2D eigenvalue weighted by molar-refractivity contribution is 5.69. The van der Waals surface area contributed by atoms with Crippen LogP contribution in [0.5, 0.6) is 0 Å². The minimum Gasteiger partial charge on any atom is -0.466 e. The van der Waals surface area contributed by atoms with Crippen LogP contribution >= 0.6 is 0 Å². The number of hydrogen-bond acceptors (Lipinski definition) is 6. The molecule has 268 valence electrons. The third-order valence-corrected chi connectivity index (χ3v) is 9.05. The first-order valence-electron chi connectivity index (χ1n) is 19.7. The predicted molar refractivity (Wildman–Crippen MR) is 191 cm³/mol. The van der Waals surface area contributed by atoms with E-state index in [1.807, 2.05) is 0 Å². The molecule has 0 bridgehead atoms. The van der Waals surface area contributed by atoms with Gasteiger partial charge in [-0.2, -0.15) is 0 Å². The van der Waals surface area contributed by atoms with Crippen molar-refractivity contribution in [1.82, 2.24) is 4.90 Å². The van der Waals surface area contributed by atoms with E-state index < -0.39 is 0 Å². The molecule has 0 aromatic carbocycles. The highest BCUT2D eigenvalue weighted by Gasteiger charge is 2.13. The molecule has 6 nitrogen and oxygen atoms in total. The van der Waals surface area contributed by atoms with Crippen LogP contribution in [0.4, 0.5) is 0 Å². The second-order valence-corrected chi connectivity index (χ2v) is 13.5. The Balaban J connectivity index is 4.12. The van der Waals surface area contributed by atoms with Crippen molar-refractivity contribution in [3.05, 3.63) is 0 Å². The van der Waals surface area contributed by atoms with E-state index in [4.69, 9.17) is 9.47 Å². The summed E-state index contributed by atoms with van der Waals surface area (Å²) in [5.74, 6) is 0.313. The minimum absolute atomic E-state index is 0.0705. The van der Waals surface area contributed by atoms with Gasteiger partial charge in [0.2, 0.25) is 0 Å². The van der Waals surface area contributed by atoms with Crippen LogP contribution in [-0.4, -0.2) is 61.4 Å². The van der Waals surface area contributed by atoms with Crippen molar-refractivity contribution < 1.29 is 24.2 Å². The van der Waals surface area contributed by atoms with E-state index in [2.05, 4.69) is 25.7 Å². The van der Waals surface area contributed by atoms with Gasteiger partial charge in [0.25, 0.3) is 0 Å². The molecule has 0 fully saturated rings. The molecule has 1 N–H and O–H groups in total. The molecular formula is C39H77NO5. The molecule has 0 unspecified atom stereocenters. The van der Waals surface area contributed by atoms with Crippen LogP contribution in [0.2, 0.25) is 0 Å². The van der Waals surface area contributed by atoms with E-state index in [0.29, 0.717) is 38.5 Å². The molecule has 0 aromatic rings. The molecule has 0 amide bonds. The van der Waals surface area contributed by atoms with Gasteiger partial charge in [-0.05, 0) is 57.5 Å². The topological polar surface area (TPSA) is 76.1 Å². The van der Waals surface area contributed by atoms with E-state index in [1.165, 1.54) is 128 Å². The second-order valence-electron chi connectivity index (χ2n) is 13.5. The van der Waals surface area contributed by atoms with Gasteiger partial charge in [-0.15, -0.1) is 0 Å². The van der Waals surface area contributed by atoms with E-state index in [0.717, 1.165) is 45.2 Å². The molecule has 0 aliphatic heterocycles. The number of ether oxygens (including phenoxy) is 2. The lowest BCUT2D eigenvalue weighted by Gasteiger charge is -2.21. The maximum Gasteiger partial charge on any atom is 0.305 e. The number of esters is 2. The average Bonchev–Trinajstić information content (AvgIpc) is 3.03. The first-order valence-corrected chi connectivity index (χ1v) is 19.7. The van der Waals surface area contributed by atoms with Crippen molar-refractivity contribution in [1.29, 1.82) is 0 Å². The zero-order valence-corrected chi connectivity index (χ0v) is 30.4. The Labute approximate surface area is 280 Å². The zero-order chi connectivity index (χ0) is 33.1. The van der Waals surface area contributed by atoms with Crippen LogP contribution in [-0.2, 0) is 19.1 Å². The maximum absolute atomic E-state index is 12.5. The Hall–Kier alpha value is -1.14. The van der Waals surface area contributed by atoms with Crippen LogP contribution in [0.3, 0.4) is 0 Å².